The van der Waals surface area contributed by atoms with Gasteiger partial charge in [-0.15, -0.1) is 0 Å². The quantitative estimate of drug-likeness (QED) is 0.745. The summed E-state index contributed by atoms with van der Waals surface area (Å²) < 4.78 is 41.0. The summed E-state index contributed by atoms with van der Waals surface area (Å²) >= 11 is 0. The standard InChI is InChI=1S/C19H16F3N3O2/c1-2-3-17-23-16-10-12(20)4-5-15(16)19(27)25(17)24-18(26)8-11-6-13(21)9-14(22)7-11/h4-7,9-10H,2-3,8H2,1H3,(H,24,26). The van der Waals surface area contributed by atoms with Crippen LogP contribution in [-0.2, 0) is 17.6 Å². The van der Waals surface area contributed by atoms with E-state index in [-0.39, 0.29) is 28.7 Å². The van der Waals surface area contributed by atoms with E-state index < -0.39 is 28.9 Å². The first-order valence-electron chi connectivity index (χ1n) is 8.33. The summed E-state index contributed by atoms with van der Waals surface area (Å²) in [5.74, 6) is -2.49. The predicted molar refractivity (Wildman–Crippen MR) is 94.4 cm³/mol. The number of nitrogens with zero attached hydrogens (tertiary/aromatic N) is 2. The Balaban J connectivity index is 1.96. The number of halogens is 3. The molecule has 1 amide bonds. The van der Waals surface area contributed by atoms with Crippen LogP contribution in [0.2, 0.25) is 0 Å². The van der Waals surface area contributed by atoms with Crippen molar-refractivity contribution in [3.8, 4) is 0 Å². The van der Waals surface area contributed by atoms with Gasteiger partial charge in [-0.1, -0.05) is 6.92 Å². The molecule has 1 N–H and O–H groups in total. The summed E-state index contributed by atoms with van der Waals surface area (Å²) in [5.41, 5.74) is 2.19. The maximum absolute atomic E-state index is 13.4. The Labute approximate surface area is 152 Å². The van der Waals surface area contributed by atoms with Crippen molar-refractivity contribution in [2.75, 3.05) is 5.43 Å². The average molecular weight is 375 g/mol. The van der Waals surface area contributed by atoms with Crippen LogP contribution in [0.15, 0.2) is 41.2 Å². The third kappa shape index (κ3) is 4.16. The molecule has 0 radical (unpaired) electrons. The summed E-state index contributed by atoms with van der Waals surface area (Å²) in [4.78, 5) is 29.3. The van der Waals surface area contributed by atoms with E-state index in [1.807, 2.05) is 6.92 Å². The highest BCUT2D eigenvalue weighted by Gasteiger charge is 2.14. The molecular weight excluding hydrogens is 359 g/mol. The van der Waals surface area contributed by atoms with E-state index >= 15 is 0 Å². The highest BCUT2D eigenvalue weighted by atomic mass is 19.1. The van der Waals surface area contributed by atoms with Crippen molar-refractivity contribution in [3.63, 3.8) is 0 Å². The molecule has 0 unspecified atom stereocenters. The first-order chi connectivity index (χ1) is 12.9. The molecule has 0 aliphatic heterocycles. The second kappa shape index (κ2) is 7.61. The Kier molecular flexibility index (Phi) is 5.25. The highest BCUT2D eigenvalue weighted by molar-refractivity contribution is 5.86. The molecule has 0 bridgehead atoms. The lowest BCUT2D eigenvalue weighted by Gasteiger charge is -2.14. The minimum Gasteiger partial charge on any atom is -0.273 e. The zero-order chi connectivity index (χ0) is 19.6. The van der Waals surface area contributed by atoms with Crippen molar-refractivity contribution >= 4 is 16.8 Å². The van der Waals surface area contributed by atoms with Crippen LogP contribution in [-0.4, -0.2) is 15.6 Å². The van der Waals surface area contributed by atoms with Gasteiger partial charge in [-0.3, -0.25) is 15.0 Å². The van der Waals surface area contributed by atoms with Crippen molar-refractivity contribution in [1.29, 1.82) is 0 Å². The molecule has 0 fully saturated rings. The van der Waals surface area contributed by atoms with E-state index in [0.29, 0.717) is 18.9 Å². The first kappa shape index (κ1) is 18.6. The van der Waals surface area contributed by atoms with E-state index in [1.54, 1.807) is 0 Å². The van der Waals surface area contributed by atoms with E-state index in [2.05, 4.69) is 10.4 Å². The highest BCUT2D eigenvalue weighted by Crippen LogP contribution is 2.12. The van der Waals surface area contributed by atoms with Crippen molar-refractivity contribution in [3.05, 3.63) is 75.6 Å². The van der Waals surface area contributed by atoms with Gasteiger partial charge in [-0.2, -0.15) is 0 Å². The van der Waals surface area contributed by atoms with E-state index in [9.17, 15) is 22.8 Å². The molecule has 0 atom stereocenters. The van der Waals surface area contributed by atoms with Crippen LogP contribution in [0.4, 0.5) is 13.2 Å². The molecule has 0 spiro atoms. The summed E-state index contributed by atoms with van der Waals surface area (Å²) in [6, 6.07) is 6.36. The van der Waals surface area contributed by atoms with E-state index in [4.69, 9.17) is 0 Å². The molecule has 0 aliphatic rings. The van der Waals surface area contributed by atoms with Crippen LogP contribution < -0.4 is 11.0 Å². The van der Waals surface area contributed by atoms with Crippen LogP contribution in [0.1, 0.15) is 24.7 Å². The fourth-order valence-electron chi connectivity index (χ4n) is 2.77. The monoisotopic (exact) mass is 375 g/mol. The Hall–Kier alpha value is -3.16. The smallest absolute Gasteiger partial charge is 0.273 e. The van der Waals surface area contributed by atoms with Crippen LogP contribution in [0.25, 0.3) is 10.9 Å². The number of fused-ring (bicyclic) bond motifs is 1. The number of carbonyl (C=O) groups is 1. The lowest BCUT2D eigenvalue weighted by Crippen LogP contribution is -2.37. The summed E-state index contributed by atoms with van der Waals surface area (Å²) in [7, 11) is 0. The SMILES string of the molecule is CCCc1nc2cc(F)ccc2c(=O)n1NC(=O)Cc1cc(F)cc(F)c1. The van der Waals surface area contributed by atoms with E-state index in [0.717, 1.165) is 28.9 Å². The van der Waals surface area contributed by atoms with Gasteiger partial charge < -0.3 is 0 Å². The molecule has 1 aromatic heterocycles. The molecule has 1 heterocycles. The van der Waals surface area contributed by atoms with Gasteiger partial charge in [0, 0.05) is 18.6 Å². The number of aromatic nitrogens is 2. The van der Waals surface area contributed by atoms with Crippen molar-refractivity contribution in [1.82, 2.24) is 9.66 Å². The number of hydrogen-bond acceptors (Lipinski definition) is 3. The molecule has 27 heavy (non-hydrogen) atoms. The fraction of sp³-hybridized carbons (Fsp3) is 0.211. The van der Waals surface area contributed by atoms with Crippen LogP contribution in [0.3, 0.4) is 0 Å². The zero-order valence-corrected chi connectivity index (χ0v) is 14.4. The molecule has 0 aliphatic carbocycles. The number of carbonyl (C=O) groups excluding carboxylic acids is 1. The minimum atomic E-state index is -0.795. The first-order valence-corrected chi connectivity index (χ1v) is 8.33. The van der Waals surface area contributed by atoms with Gasteiger partial charge in [0.1, 0.15) is 23.3 Å². The Morgan fingerprint density at radius 1 is 1.07 bits per heavy atom. The molecule has 5 nitrogen and oxygen atoms in total. The fourth-order valence-corrected chi connectivity index (χ4v) is 2.77. The van der Waals surface area contributed by atoms with Gasteiger partial charge in [0.2, 0.25) is 5.91 Å². The number of hydrogen-bond donors (Lipinski definition) is 1. The number of nitrogens with one attached hydrogen (secondary N) is 1. The van der Waals surface area contributed by atoms with Crippen LogP contribution in [0, 0.1) is 17.5 Å². The van der Waals surface area contributed by atoms with Gasteiger partial charge in [0.05, 0.1) is 17.3 Å². The molecule has 3 aromatic rings. The second-order valence-electron chi connectivity index (χ2n) is 6.07. The molecule has 0 saturated carbocycles. The normalized spacial score (nSPS) is 11.0. The third-order valence-corrected chi connectivity index (χ3v) is 3.90. The molecular formula is C19H16F3N3O2. The Morgan fingerprint density at radius 3 is 2.44 bits per heavy atom. The summed E-state index contributed by atoms with van der Waals surface area (Å²) in [6.45, 7) is 1.86. The van der Waals surface area contributed by atoms with Gasteiger partial charge in [-0.25, -0.2) is 22.8 Å². The zero-order valence-electron chi connectivity index (χ0n) is 14.4. The lowest BCUT2D eigenvalue weighted by molar-refractivity contribution is -0.116. The lowest BCUT2D eigenvalue weighted by atomic mass is 10.1. The maximum atomic E-state index is 13.4. The number of aryl methyl sites for hydroxylation is 1. The average Bonchev–Trinajstić information content (AvgIpc) is 2.57. The van der Waals surface area contributed by atoms with Gasteiger partial charge in [-0.05, 0) is 36.2 Å². The summed E-state index contributed by atoms with van der Waals surface area (Å²) in [6.07, 6.45) is 0.683. The van der Waals surface area contributed by atoms with Gasteiger partial charge in [0.25, 0.3) is 5.56 Å². The van der Waals surface area contributed by atoms with E-state index in [1.165, 1.54) is 6.07 Å². The number of rotatable bonds is 5. The van der Waals surface area contributed by atoms with Gasteiger partial charge in [0.15, 0.2) is 0 Å². The van der Waals surface area contributed by atoms with Crippen LogP contribution >= 0.6 is 0 Å². The predicted octanol–water partition coefficient (Wildman–Crippen LogP) is 3.08. The van der Waals surface area contributed by atoms with Crippen molar-refractivity contribution in [2.45, 2.75) is 26.2 Å². The van der Waals surface area contributed by atoms with Crippen molar-refractivity contribution < 1.29 is 18.0 Å². The molecule has 0 saturated heterocycles. The number of amides is 1. The molecule has 8 heteroatoms. The Bertz CT molecular complexity index is 1060. The molecule has 140 valence electrons. The second-order valence-corrected chi connectivity index (χ2v) is 6.07. The molecule has 3 rings (SSSR count). The third-order valence-electron chi connectivity index (χ3n) is 3.90. The van der Waals surface area contributed by atoms with Gasteiger partial charge >= 0.3 is 0 Å². The molecule has 2 aromatic carbocycles. The van der Waals surface area contributed by atoms with Crippen molar-refractivity contribution in [2.24, 2.45) is 0 Å². The largest absolute Gasteiger partial charge is 0.280 e. The maximum Gasteiger partial charge on any atom is 0.280 e. The van der Waals surface area contributed by atoms with Crippen LogP contribution in [0.5, 0.6) is 0 Å². The summed E-state index contributed by atoms with van der Waals surface area (Å²) in [5, 5.41) is 0.147. The minimum absolute atomic E-state index is 0.130. The Morgan fingerprint density at radius 2 is 1.78 bits per heavy atom. The topological polar surface area (TPSA) is 64.0 Å². The number of benzene rings is 2.